The molecule has 0 unspecified atom stereocenters. The lowest BCUT2D eigenvalue weighted by Crippen LogP contribution is -2.18. The molecule has 0 saturated carbocycles. The molecule has 0 bridgehead atoms. The summed E-state index contributed by atoms with van der Waals surface area (Å²) in [7, 11) is 1.69. The number of rotatable bonds is 6. The molecule has 2 aromatic rings. The minimum absolute atomic E-state index is 0.321. The van der Waals surface area contributed by atoms with Gasteiger partial charge in [0.05, 0.1) is 7.11 Å². The molecule has 0 spiro atoms. The fraction of sp³-hybridized carbons (Fsp3) is 0.222. The minimum atomic E-state index is 0.321. The van der Waals surface area contributed by atoms with Crippen LogP contribution >= 0.6 is 0 Å². The first-order valence-electron chi connectivity index (χ1n) is 6.88. The molecule has 0 aliphatic heterocycles. The summed E-state index contributed by atoms with van der Waals surface area (Å²) in [5.74, 6) is 0.893. The first-order chi connectivity index (χ1) is 9.79. The highest BCUT2D eigenvalue weighted by atomic mass is 16.5. The van der Waals surface area contributed by atoms with Crippen molar-refractivity contribution in [3.8, 4) is 5.75 Å². The molecule has 0 fully saturated rings. The molecule has 20 heavy (non-hydrogen) atoms. The average molecular weight is 267 g/mol. The van der Waals surface area contributed by atoms with Crippen molar-refractivity contribution in [2.24, 2.45) is 0 Å². The van der Waals surface area contributed by atoms with Crippen molar-refractivity contribution in [3.63, 3.8) is 0 Å². The zero-order valence-electron chi connectivity index (χ0n) is 12.0. The van der Waals surface area contributed by atoms with Gasteiger partial charge in [0.25, 0.3) is 0 Å². The van der Waals surface area contributed by atoms with Gasteiger partial charge in [0, 0.05) is 12.6 Å². The van der Waals surface area contributed by atoms with Crippen LogP contribution in [0.4, 0.5) is 0 Å². The monoisotopic (exact) mass is 267 g/mol. The summed E-state index contributed by atoms with van der Waals surface area (Å²) in [6.07, 6.45) is 4.28. The molecule has 0 aliphatic carbocycles. The van der Waals surface area contributed by atoms with Gasteiger partial charge >= 0.3 is 0 Å². The Morgan fingerprint density at radius 2 is 1.75 bits per heavy atom. The van der Waals surface area contributed by atoms with Crippen molar-refractivity contribution in [2.75, 3.05) is 13.7 Å². The summed E-state index contributed by atoms with van der Waals surface area (Å²) in [5.41, 5.74) is 2.49. The topological polar surface area (TPSA) is 21.3 Å². The lowest BCUT2D eigenvalue weighted by molar-refractivity contribution is 0.414. The molecule has 1 N–H and O–H groups in total. The Hall–Kier alpha value is -2.06. The van der Waals surface area contributed by atoms with Gasteiger partial charge in [0.1, 0.15) is 5.75 Å². The lowest BCUT2D eigenvalue weighted by Gasteiger charge is -2.13. The lowest BCUT2D eigenvalue weighted by atomic mass is 10.1. The molecule has 0 amide bonds. The standard InChI is InChI=1S/C18H21NO/c1-15(17-10-12-18(20-2)13-11-17)19-14-6-9-16-7-4-3-5-8-16/h3-13,15,19H,14H2,1-2H3/b9-6+/t15-/m1/s1. The molecule has 0 radical (unpaired) electrons. The summed E-state index contributed by atoms with van der Waals surface area (Å²) < 4.78 is 5.16. The molecular formula is C18H21NO. The zero-order chi connectivity index (χ0) is 14.2. The Morgan fingerprint density at radius 1 is 1.05 bits per heavy atom. The second-order valence-corrected chi connectivity index (χ2v) is 4.72. The molecule has 0 heterocycles. The Morgan fingerprint density at radius 3 is 2.40 bits per heavy atom. The molecule has 104 valence electrons. The predicted octanol–water partition coefficient (Wildman–Crippen LogP) is 4.06. The van der Waals surface area contributed by atoms with Crippen LogP contribution in [0.5, 0.6) is 5.75 Å². The third-order valence-corrected chi connectivity index (χ3v) is 3.27. The van der Waals surface area contributed by atoms with Gasteiger partial charge in [0.15, 0.2) is 0 Å². The molecule has 0 aliphatic rings. The van der Waals surface area contributed by atoms with Crippen molar-refractivity contribution < 1.29 is 4.74 Å². The van der Waals surface area contributed by atoms with Crippen LogP contribution in [-0.2, 0) is 0 Å². The highest BCUT2D eigenvalue weighted by Crippen LogP contribution is 2.16. The second kappa shape index (κ2) is 7.51. The molecule has 2 aromatic carbocycles. The molecule has 1 atom stereocenters. The maximum atomic E-state index is 5.16. The SMILES string of the molecule is COc1ccc([C@@H](C)NC/C=C/c2ccccc2)cc1. The van der Waals surface area contributed by atoms with E-state index in [1.165, 1.54) is 11.1 Å². The van der Waals surface area contributed by atoms with Gasteiger partial charge in [0.2, 0.25) is 0 Å². The van der Waals surface area contributed by atoms with E-state index in [2.05, 4.69) is 48.7 Å². The van der Waals surface area contributed by atoms with E-state index in [0.29, 0.717) is 6.04 Å². The molecule has 0 saturated heterocycles. The Labute approximate surface area is 121 Å². The predicted molar refractivity (Wildman–Crippen MR) is 84.9 cm³/mol. The molecule has 2 rings (SSSR count). The van der Waals surface area contributed by atoms with Gasteiger partial charge in [-0.15, -0.1) is 0 Å². The number of ether oxygens (including phenoxy) is 1. The van der Waals surface area contributed by atoms with E-state index in [4.69, 9.17) is 4.74 Å². The van der Waals surface area contributed by atoms with Crippen molar-refractivity contribution >= 4 is 6.08 Å². The van der Waals surface area contributed by atoms with Crippen LogP contribution in [0.15, 0.2) is 60.7 Å². The molecular weight excluding hydrogens is 246 g/mol. The van der Waals surface area contributed by atoms with Crippen molar-refractivity contribution in [2.45, 2.75) is 13.0 Å². The maximum absolute atomic E-state index is 5.16. The average Bonchev–Trinajstić information content (AvgIpc) is 2.52. The fourth-order valence-electron chi connectivity index (χ4n) is 2.01. The van der Waals surface area contributed by atoms with Crippen molar-refractivity contribution in [1.29, 1.82) is 0 Å². The first-order valence-corrected chi connectivity index (χ1v) is 6.88. The van der Waals surface area contributed by atoms with Gasteiger partial charge < -0.3 is 10.1 Å². The third kappa shape index (κ3) is 4.25. The van der Waals surface area contributed by atoms with E-state index in [1.54, 1.807) is 7.11 Å². The summed E-state index contributed by atoms with van der Waals surface area (Å²) in [5, 5.41) is 3.48. The fourth-order valence-corrected chi connectivity index (χ4v) is 2.01. The van der Waals surface area contributed by atoms with Crippen LogP contribution in [0.1, 0.15) is 24.1 Å². The van der Waals surface area contributed by atoms with Crippen LogP contribution in [0.3, 0.4) is 0 Å². The molecule has 2 nitrogen and oxygen atoms in total. The van der Waals surface area contributed by atoms with Crippen molar-refractivity contribution in [1.82, 2.24) is 5.32 Å². The summed E-state index contributed by atoms with van der Waals surface area (Å²) in [6.45, 7) is 3.01. The Balaban J connectivity index is 1.82. The van der Waals surface area contributed by atoms with Crippen molar-refractivity contribution in [3.05, 3.63) is 71.8 Å². The van der Waals surface area contributed by atoms with Gasteiger partial charge in [-0.25, -0.2) is 0 Å². The van der Waals surface area contributed by atoms with Crippen LogP contribution < -0.4 is 10.1 Å². The second-order valence-electron chi connectivity index (χ2n) is 4.72. The quantitative estimate of drug-likeness (QED) is 0.852. The van der Waals surface area contributed by atoms with E-state index in [0.717, 1.165) is 12.3 Å². The van der Waals surface area contributed by atoms with Gasteiger partial charge in [-0.05, 0) is 30.2 Å². The Bertz CT molecular complexity index is 531. The van der Waals surface area contributed by atoms with E-state index >= 15 is 0 Å². The highest BCUT2D eigenvalue weighted by molar-refractivity contribution is 5.48. The third-order valence-electron chi connectivity index (χ3n) is 3.27. The van der Waals surface area contributed by atoms with E-state index in [9.17, 15) is 0 Å². The zero-order valence-corrected chi connectivity index (χ0v) is 12.0. The molecule has 2 heteroatoms. The normalized spacial score (nSPS) is 12.5. The Kier molecular flexibility index (Phi) is 5.39. The van der Waals surface area contributed by atoms with Gasteiger partial charge in [-0.3, -0.25) is 0 Å². The van der Waals surface area contributed by atoms with Crippen LogP contribution in [0.25, 0.3) is 6.08 Å². The number of hydrogen-bond donors (Lipinski definition) is 1. The van der Waals surface area contributed by atoms with Crippen LogP contribution in [-0.4, -0.2) is 13.7 Å². The maximum Gasteiger partial charge on any atom is 0.118 e. The van der Waals surface area contributed by atoms with Gasteiger partial charge in [-0.1, -0.05) is 54.6 Å². The van der Waals surface area contributed by atoms with Gasteiger partial charge in [-0.2, -0.15) is 0 Å². The number of methoxy groups -OCH3 is 1. The van der Waals surface area contributed by atoms with Crippen LogP contribution in [0, 0.1) is 0 Å². The highest BCUT2D eigenvalue weighted by Gasteiger charge is 2.03. The number of hydrogen-bond acceptors (Lipinski definition) is 2. The molecule has 0 aromatic heterocycles. The first kappa shape index (κ1) is 14.4. The number of benzene rings is 2. The number of nitrogens with one attached hydrogen (secondary N) is 1. The van der Waals surface area contributed by atoms with E-state index in [1.807, 2.05) is 30.3 Å². The smallest absolute Gasteiger partial charge is 0.118 e. The summed E-state index contributed by atoms with van der Waals surface area (Å²) >= 11 is 0. The summed E-state index contributed by atoms with van der Waals surface area (Å²) in [6, 6.07) is 18.8. The largest absolute Gasteiger partial charge is 0.497 e. The summed E-state index contributed by atoms with van der Waals surface area (Å²) in [4.78, 5) is 0. The van der Waals surface area contributed by atoms with Crippen LogP contribution in [0.2, 0.25) is 0 Å². The van der Waals surface area contributed by atoms with E-state index in [-0.39, 0.29) is 0 Å². The minimum Gasteiger partial charge on any atom is -0.497 e. The van der Waals surface area contributed by atoms with E-state index < -0.39 is 0 Å².